The second-order valence-electron chi connectivity index (χ2n) is 4.21. The van der Waals surface area contributed by atoms with Crippen LogP contribution in [0.25, 0.3) is 0 Å². The molecule has 0 aliphatic rings. The molecule has 15 heavy (non-hydrogen) atoms. The second kappa shape index (κ2) is 4.94. The SMILES string of the molecule is CCC(NCC(C)(C)S(C)(=O)=O)C(=O)O. The topological polar surface area (TPSA) is 83.5 Å². The van der Waals surface area contributed by atoms with E-state index in [-0.39, 0.29) is 6.54 Å². The quantitative estimate of drug-likeness (QED) is 0.692. The van der Waals surface area contributed by atoms with Crippen LogP contribution in [0.5, 0.6) is 0 Å². The third-order valence-electron chi connectivity index (χ3n) is 2.48. The van der Waals surface area contributed by atoms with Crippen molar-refractivity contribution >= 4 is 15.8 Å². The number of hydrogen-bond donors (Lipinski definition) is 2. The van der Waals surface area contributed by atoms with Crippen LogP contribution in [0.1, 0.15) is 27.2 Å². The fraction of sp³-hybridized carbons (Fsp3) is 0.889. The summed E-state index contributed by atoms with van der Waals surface area (Å²) in [5, 5.41) is 11.5. The minimum atomic E-state index is -3.19. The van der Waals surface area contributed by atoms with E-state index in [1.165, 1.54) is 0 Å². The van der Waals surface area contributed by atoms with Gasteiger partial charge in [0.25, 0.3) is 0 Å². The molecule has 0 aromatic heterocycles. The molecule has 0 aliphatic carbocycles. The molecule has 0 saturated heterocycles. The van der Waals surface area contributed by atoms with Crippen molar-refractivity contribution in [1.82, 2.24) is 5.32 Å². The molecule has 6 heteroatoms. The van der Waals surface area contributed by atoms with E-state index in [9.17, 15) is 13.2 Å². The van der Waals surface area contributed by atoms with E-state index < -0.39 is 26.6 Å². The molecule has 0 saturated carbocycles. The first kappa shape index (κ1) is 14.4. The van der Waals surface area contributed by atoms with Gasteiger partial charge in [0.1, 0.15) is 6.04 Å². The van der Waals surface area contributed by atoms with Crippen molar-refractivity contribution in [3.63, 3.8) is 0 Å². The molecule has 0 bridgehead atoms. The van der Waals surface area contributed by atoms with Gasteiger partial charge in [0.15, 0.2) is 9.84 Å². The van der Waals surface area contributed by atoms with Gasteiger partial charge < -0.3 is 10.4 Å². The number of nitrogens with one attached hydrogen (secondary N) is 1. The molecule has 0 radical (unpaired) electrons. The first-order valence-corrected chi connectivity index (χ1v) is 6.66. The Morgan fingerprint density at radius 2 is 1.93 bits per heavy atom. The molecule has 0 aliphatic heterocycles. The minimum Gasteiger partial charge on any atom is -0.480 e. The minimum absolute atomic E-state index is 0.136. The summed E-state index contributed by atoms with van der Waals surface area (Å²) in [6.07, 6.45) is 1.57. The van der Waals surface area contributed by atoms with Gasteiger partial charge in [-0.05, 0) is 20.3 Å². The van der Waals surface area contributed by atoms with Gasteiger partial charge in [0.2, 0.25) is 0 Å². The van der Waals surface area contributed by atoms with Crippen molar-refractivity contribution in [1.29, 1.82) is 0 Å². The maximum absolute atomic E-state index is 11.3. The summed E-state index contributed by atoms with van der Waals surface area (Å²) >= 11 is 0. The molecule has 5 nitrogen and oxygen atoms in total. The summed E-state index contributed by atoms with van der Waals surface area (Å²) in [4.78, 5) is 10.7. The van der Waals surface area contributed by atoms with Crippen molar-refractivity contribution in [2.24, 2.45) is 0 Å². The van der Waals surface area contributed by atoms with Crippen LogP contribution in [0.3, 0.4) is 0 Å². The molecule has 0 aromatic carbocycles. The molecule has 0 amide bonds. The van der Waals surface area contributed by atoms with Crippen molar-refractivity contribution in [3.05, 3.63) is 0 Å². The third kappa shape index (κ3) is 4.17. The molecule has 90 valence electrons. The first-order chi connectivity index (χ1) is 6.62. The van der Waals surface area contributed by atoms with Crippen molar-refractivity contribution in [2.45, 2.75) is 38.0 Å². The van der Waals surface area contributed by atoms with Crippen molar-refractivity contribution in [2.75, 3.05) is 12.8 Å². The Balaban J connectivity index is 4.45. The zero-order chi connectivity index (χ0) is 12.3. The van der Waals surface area contributed by atoms with Gasteiger partial charge in [0.05, 0.1) is 4.75 Å². The third-order valence-corrected chi connectivity index (χ3v) is 4.64. The highest BCUT2D eigenvalue weighted by atomic mass is 32.2. The number of rotatable bonds is 6. The summed E-state index contributed by atoms with van der Waals surface area (Å²) in [6.45, 7) is 5.02. The molecule has 0 heterocycles. The molecular formula is C9H19NO4S. The molecule has 0 fully saturated rings. The number of sulfone groups is 1. The van der Waals surface area contributed by atoms with E-state index in [1.54, 1.807) is 20.8 Å². The van der Waals surface area contributed by atoms with Crippen molar-refractivity contribution < 1.29 is 18.3 Å². The zero-order valence-corrected chi connectivity index (χ0v) is 10.4. The van der Waals surface area contributed by atoms with Gasteiger partial charge in [-0.2, -0.15) is 0 Å². The van der Waals surface area contributed by atoms with Gasteiger partial charge >= 0.3 is 5.97 Å². The normalized spacial score (nSPS) is 14.9. The molecule has 0 rings (SSSR count). The van der Waals surface area contributed by atoms with E-state index in [0.29, 0.717) is 6.42 Å². The van der Waals surface area contributed by atoms with Gasteiger partial charge in [-0.3, -0.25) is 4.79 Å². The lowest BCUT2D eigenvalue weighted by Gasteiger charge is -2.24. The van der Waals surface area contributed by atoms with Crippen LogP contribution in [0.15, 0.2) is 0 Å². The highest BCUT2D eigenvalue weighted by Crippen LogP contribution is 2.13. The summed E-state index contributed by atoms with van der Waals surface area (Å²) in [6, 6.07) is -0.689. The van der Waals surface area contributed by atoms with Gasteiger partial charge in [-0.25, -0.2) is 8.42 Å². The summed E-state index contributed by atoms with van der Waals surface area (Å²) in [5.74, 6) is -0.957. The van der Waals surface area contributed by atoms with Gasteiger partial charge in [-0.15, -0.1) is 0 Å². The Morgan fingerprint density at radius 3 is 2.20 bits per heavy atom. The number of aliphatic carboxylic acids is 1. The summed E-state index contributed by atoms with van der Waals surface area (Å²) < 4.78 is 21.7. The van der Waals surface area contributed by atoms with E-state index in [2.05, 4.69) is 5.32 Å². The molecule has 0 spiro atoms. The lowest BCUT2D eigenvalue weighted by Crippen LogP contribution is -2.47. The standard InChI is InChI=1S/C9H19NO4S/c1-5-7(8(11)12)10-6-9(2,3)15(4,13)14/h7,10H,5-6H2,1-4H3,(H,11,12). The Labute approximate surface area is 90.8 Å². The van der Waals surface area contributed by atoms with E-state index in [4.69, 9.17) is 5.11 Å². The number of carboxylic acids is 1. The van der Waals surface area contributed by atoms with Crippen LogP contribution >= 0.6 is 0 Å². The number of carboxylic acid groups (broad SMARTS) is 1. The smallest absolute Gasteiger partial charge is 0.320 e. The average molecular weight is 237 g/mol. The monoisotopic (exact) mass is 237 g/mol. The van der Waals surface area contributed by atoms with Crippen LogP contribution in [0.4, 0.5) is 0 Å². The van der Waals surface area contributed by atoms with Crippen molar-refractivity contribution in [3.8, 4) is 0 Å². The van der Waals surface area contributed by atoms with Crippen LogP contribution in [-0.4, -0.2) is 43.1 Å². The number of carbonyl (C=O) groups is 1. The lowest BCUT2D eigenvalue weighted by molar-refractivity contribution is -0.139. The van der Waals surface area contributed by atoms with E-state index in [1.807, 2.05) is 0 Å². The summed E-state index contributed by atoms with van der Waals surface area (Å²) in [7, 11) is -3.19. The molecule has 1 unspecified atom stereocenters. The maximum atomic E-state index is 11.3. The second-order valence-corrected chi connectivity index (χ2v) is 6.86. The average Bonchev–Trinajstić information content (AvgIpc) is 2.02. The fourth-order valence-electron chi connectivity index (χ4n) is 0.906. The van der Waals surface area contributed by atoms with Crippen LogP contribution in [0.2, 0.25) is 0 Å². The highest BCUT2D eigenvalue weighted by molar-refractivity contribution is 7.92. The number of hydrogen-bond acceptors (Lipinski definition) is 4. The lowest BCUT2D eigenvalue weighted by atomic mass is 10.1. The molecule has 1 atom stereocenters. The van der Waals surface area contributed by atoms with E-state index >= 15 is 0 Å². The fourth-order valence-corrected chi connectivity index (χ4v) is 1.25. The van der Waals surface area contributed by atoms with Crippen LogP contribution in [0, 0.1) is 0 Å². The Morgan fingerprint density at radius 1 is 1.47 bits per heavy atom. The molecule has 0 aromatic rings. The highest BCUT2D eigenvalue weighted by Gasteiger charge is 2.31. The Hall–Kier alpha value is -0.620. The molecule has 2 N–H and O–H groups in total. The Kier molecular flexibility index (Phi) is 4.73. The Bertz CT molecular complexity index is 321. The first-order valence-electron chi connectivity index (χ1n) is 4.77. The molecular weight excluding hydrogens is 218 g/mol. The predicted molar refractivity (Wildman–Crippen MR) is 58.6 cm³/mol. The van der Waals surface area contributed by atoms with Gasteiger partial charge in [-0.1, -0.05) is 6.92 Å². The van der Waals surface area contributed by atoms with Crippen LogP contribution in [-0.2, 0) is 14.6 Å². The summed E-state index contributed by atoms with van der Waals surface area (Å²) in [5.41, 5.74) is 0. The zero-order valence-electron chi connectivity index (χ0n) is 9.57. The maximum Gasteiger partial charge on any atom is 0.320 e. The van der Waals surface area contributed by atoms with Crippen LogP contribution < -0.4 is 5.32 Å². The van der Waals surface area contributed by atoms with Gasteiger partial charge in [0, 0.05) is 12.8 Å². The largest absolute Gasteiger partial charge is 0.480 e. The van der Waals surface area contributed by atoms with E-state index in [0.717, 1.165) is 6.26 Å². The predicted octanol–water partition coefficient (Wildman–Crippen LogP) is 0.262.